The summed E-state index contributed by atoms with van der Waals surface area (Å²) in [6, 6.07) is -0.409. The highest BCUT2D eigenvalue weighted by molar-refractivity contribution is 7.62. The summed E-state index contributed by atoms with van der Waals surface area (Å²) in [5.74, 6) is -0.247. The van der Waals surface area contributed by atoms with Crippen LogP contribution in [-0.2, 0) is 23.4 Å². The fourth-order valence-electron chi connectivity index (χ4n) is 4.66. The molecule has 2 unspecified atom stereocenters. The second kappa shape index (κ2) is 10.2. The summed E-state index contributed by atoms with van der Waals surface area (Å²) in [7, 11) is -3.59. The van der Waals surface area contributed by atoms with Gasteiger partial charge in [0.25, 0.3) is 0 Å². The van der Waals surface area contributed by atoms with E-state index in [1.807, 2.05) is 0 Å². The molecular weight excluding hydrogens is 467 g/mol. The third-order valence-electron chi connectivity index (χ3n) is 6.43. The zero-order chi connectivity index (χ0) is 26.2. The van der Waals surface area contributed by atoms with E-state index in [-0.39, 0.29) is 29.8 Å². The fourth-order valence-corrected chi connectivity index (χ4v) is 6.68. The lowest BCUT2D eigenvalue weighted by Crippen LogP contribution is -2.50. The Kier molecular flexibility index (Phi) is 8.07. The van der Waals surface area contributed by atoms with E-state index >= 15 is 0 Å². The number of carbonyl (C=O) groups is 2. The van der Waals surface area contributed by atoms with Crippen LogP contribution in [0.15, 0.2) is 34.1 Å². The van der Waals surface area contributed by atoms with Gasteiger partial charge in [0.15, 0.2) is 5.78 Å². The van der Waals surface area contributed by atoms with Crippen molar-refractivity contribution in [3.63, 3.8) is 0 Å². The molecular formula is C25H41N4O5P. The van der Waals surface area contributed by atoms with Gasteiger partial charge in [-0.15, -0.1) is 0 Å². The van der Waals surface area contributed by atoms with E-state index in [0.717, 1.165) is 13.0 Å². The molecule has 2 aliphatic heterocycles. The Morgan fingerprint density at radius 3 is 2.51 bits per heavy atom. The molecule has 3 rings (SSSR count). The van der Waals surface area contributed by atoms with Crippen LogP contribution >= 0.6 is 7.52 Å². The van der Waals surface area contributed by atoms with E-state index in [4.69, 9.17) is 15.0 Å². The van der Waals surface area contributed by atoms with Gasteiger partial charge in [0.05, 0.1) is 30.1 Å². The highest BCUT2D eigenvalue weighted by Crippen LogP contribution is 2.57. The van der Waals surface area contributed by atoms with Crippen LogP contribution in [0.2, 0.25) is 0 Å². The smallest absolute Gasteiger partial charge is 0.326 e. The summed E-state index contributed by atoms with van der Waals surface area (Å²) >= 11 is 0. The van der Waals surface area contributed by atoms with Gasteiger partial charge < -0.3 is 20.3 Å². The van der Waals surface area contributed by atoms with Crippen LogP contribution in [0.4, 0.5) is 0 Å². The predicted octanol–water partition coefficient (Wildman–Crippen LogP) is 3.75. The summed E-state index contributed by atoms with van der Waals surface area (Å²) in [4.78, 5) is 27.9. The number of primary amides is 1. The molecule has 0 spiro atoms. The molecule has 1 saturated heterocycles. The monoisotopic (exact) mass is 508 g/mol. The van der Waals surface area contributed by atoms with Gasteiger partial charge in [0.2, 0.25) is 5.91 Å². The van der Waals surface area contributed by atoms with Crippen LogP contribution in [0.3, 0.4) is 0 Å². The van der Waals surface area contributed by atoms with Crippen molar-refractivity contribution < 1.29 is 23.4 Å². The summed E-state index contributed by atoms with van der Waals surface area (Å²) in [6.07, 6.45) is 3.33. The van der Waals surface area contributed by atoms with Crippen LogP contribution in [0, 0.1) is 10.8 Å². The topological polar surface area (TPSA) is 123 Å². The first-order valence-electron chi connectivity index (χ1n) is 12.3. The zero-order valence-electron chi connectivity index (χ0n) is 22.1. The van der Waals surface area contributed by atoms with Gasteiger partial charge in [0, 0.05) is 17.8 Å². The average molecular weight is 509 g/mol. The van der Waals surface area contributed by atoms with Crippen molar-refractivity contribution in [1.82, 2.24) is 15.3 Å². The third kappa shape index (κ3) is 6.26. The average Bonchev–Trinajstić information content (AvgIpc) is 2.89. The Hall–Kier alpha value is -1.93. The number of ketones is 1. The van der Waals surface area contributed by atoms with E-state index in [1.54, 1.807) is 13.0 Å². The summed E-state index contributed by atoms with van der Waals surface area (Å²) in [5.41, 5.74) is 6.74. The number of rotatable bonds is 5. The number of hydrogen-bond donors (Lipinski definition) is 3. The number of allylic oxidation sites excluding steroid dienone is 3. The highest BCUT2D eigenvalue weighted by atomic mass is 31.2. The van der Waals surface area contributed by atoms with Gasteiger partial charge in [-0.25, -0.2) is 0 Å². The molecule has 1 aliphatic carbocycles. The fraction of sp³-hybridized carbons (Fsp3) is 0.680. The minimum Gasteiger partial charge on any atom is -0.366 e. The maximum absolute atomic E-state index is 14.0. The van der Waals surface area contributed by atoms with E-state index in [2.05, 4.69) is 56.8 Å². The predicted molar refractivity (Wildman–Crippen MR) is 136 cm³/mol. The minimum absolute atomic E-state index is 0.0600. The Balaban J connectivity index is 2.04. The van der Waals surface area contributed by atoms with Crippen molar-refractivity contribution in [1.29, 1.82) is 0 Å². The minimum atomic E-state index is -3.59. The van der Waals surface area contributed by atoms with Gasteiger partial charge >= 0.3 is 7.52 Å². The number of Topliss-reactive ketones (excluding diaryl/α,β-unsaturated/α-hetero) is 1. The molecule has 1 fully saturated rings. The van der Waals surface area contributed by atoms with Gasteiger partial charge in [0.1, 0.15) is 12.6 Å². The zero-order valence-corrected chi connectivity index (χ0v) is 23.0. The van der Waals surface area contributed by atoms with Crippen LogP contribution in [0.1, 0.15) is 67.7 Å². The maximum Gasteiger partial charge on any atom is 0.326 e. The first-order chi connectivity index (χ1) is 16.2. The first-order valence-corrected chi connectivity index (χ1v) is 13.9. The van der Waals surface area contributed by atoms with Crippen molar-refractivity contribution >= 4 is 19.2 Å². The Labute approximate surface area is 209 Å². The van der Waals surface area contributed by atoms with Crippen molar-refractivity contribution in [3.05, 3.63) is 34.1 Å². The molecule has 35 heavy (non-hydrogen) atoms. The lowest BCUT2D eigenvalue weighted by molar-refractivity contribution is -0.125. The van der Waals surface area contributed by atoms with Crippen LogP contribution < -0.4 is 16.1 Å². The molecule has 0 aromatic rings. The van der Waals surface area contributed by atoms with Gasteiger partial charge in [-0.3, -0.25) is 24.1 Å². The SMILES string of the molecule is CCOP1(=O)NC(=C2COCN(CCC(C)(C)C)C(C(C)(C)C)C2=O)NC2=C1C=C(C(N)=O)CC2. The molecule has 2 heterocycles. The molecule has 0 aromatic heterocycles. The van der Waals surface area contributed by atoms with Crippen LogP contribution in [-0.4, -0.2) is 49.1 Å². The van der Waals surface area contributed by atoms with E-state index in [1.165, 1.54) is 0 Å². The standard InChI is InChI=1S/C25H41N4O5P/c1-8-34-35(32)19-13-16(22(26)31)9-10-18(19)27-23(28-35)17-14-33-15-29(12-11-24(2,3)4)21(20(17)30)25(5,6)7/h13,21,27H,8-12,14-15H2,1-7H3,(H2,26,31)(H,28,32). The molecule has 1 amide bonds. The highest BCUT2D eigenvalue weighted by Gasteiger charge is 2.44. The molecule has 0 saturated carbocycles. The van der Waals surface area contributed by atoms with Crippen molar-refractivity contribution in [2.75, 3.05) is 26.5 Å². The number of nitrogens with one attached hydrogen (secondary N) is 2. The molecule has 9 nitrogen and oxygen atoms in total. The van der Waals surface area contributed by atoms with Gasteiger partial charge in [-0.1, -0.05) is 41.5 Å². The van der Waals surface area contributed by atoms with Crippen molar-refractivity contribution in [2.45, 2.75) is 73.8 Å². The molecule has 4 N–H and O–H groups in total. The number of hydrogen-bond acceptors (Lipinski definition) is 7. The van der Waals surface area contributed by atoms with E-state index in [9.17, 15) is 14.2 Å². The summed E-state index contributed by atoms with van der Waals surface area (Å²) in [6.45, 7) is 15.8. The lowest BCUT2D eigenvalue weighted by Gasteiger charge is -2.39. The van der Waals surface area contributed by atoms with Crippen LogP contribution in [0.5, 0.6) is 0 Å². The molecule has 0 aromatic carbocycles. The van der Waals surface area contributed by atoms with Crippen molar-refractivity contribution in [2.24, 2.45) is 16.6 Å². The number of nitrogens with two attached hydrogens (primary N) is 1. The summed E-state index contributed by atoms with van der Waals surface area (Å²) < 4.78 is 25.6. The number of nitrogens with zero attached hydrogens (tertiary/aromatic N) is 1. The normalized spacial score (nSPS) is 28.6. The third-order valence-corrected chi connectivity index (χ3v) is 8.60. The largest absolute Gasteiger partial charge is 0.366 e. The lowest BCUT2D eigenvalue weighted by atomic mass is 9.80. The number of carbonyl (C=O) groups excluding carboxylic acids is 2. The van der Waals surface area contributed by atoms with E-state index in [0.29, 0.717) is 47.6 Å². The summed E-state index contributed by atoms with van der Waals surface area (Å²) in [5, 5.41) is 6.66. The second-order valence-electron chi connectivity index (χ2n) is 11.7. The molecule has 196 valence electrons. The Morgan fingerprint density at radius 2 is 1.94 bits per heavy atom. The van der Waals surface area contributed by atoms with Crippen LogP contribution in [0.25, 0.3) is 0 Å². The molecule has 0 bridgehead atoms. The number of amides is 1. The van der Waals surface area contributed by atoms with E-state index < -0.39 is 19.5 Å². The Morgan fingerprint density at radius 1 is 1.26 bits per heavy atom. The molecule has 10 heteroatoms. The van der Waals surface area contributed by atoms with Crippen molar-refractivity contribution in [3.8, 4) is 0 Å². The maximum atomic E-state index is 14.0. The molecule has 3 aliphatic rings. The van der Waals surface area contributed by atoms with Gasteiger partial charge in [-0.2, -0.15) is 0 Å². The molecule has 0 radical (unpaired) electrons. The Bertz CT molecular complexity index is 1020. The quantitative estimate of drug-likeness (QED) is 0.379. The first kappa shape index (κ1) is 27.7. The van der Waals surface area contributed by atoms with Gasteiger partial charge in [-0.05, 0) is 43.1 Å². The molecule has 2 atom stereocenters. The second-order valence-corrected chi connectivity index (χ2v) is 13.8. The number of ether oxygens (including phenoxy) is 1.